The Morgan fingerprint density at radius 2 is 1.87 bits per heavy atom. The Kier molecular flexibility index (Phi) is 5.37. The lowest BCUT2D eigenvalue weighted by Crippen LogP contribution is -2.45. The summed E-state index contributed by atoms with van der Waals surface area (Å²) in [5.74, 6) is -0.632. The van der Waals surface area contributed by atoms with Crippen LogP contribution in [-0.4, -0.2) is 27.3 Å². The van der Waals surface area contributed by atoms with Crippen LogP contribution in [0.3, 0.4) is 0 Å². The SMILES string of the molecule is Cc1ccc(C(=O)NCc2ccc3nc(C)n([C@H]4CCC(=O)NC4=O)c(=O)c3c2)cc1. The molecule has 1 atom stereocenters. The molecule has 1 fully saturated rings. The molecule has 158 valence electrons. The number of hydrogen-bond acceptors (Lipinski definition) is 5. The number of carbonyl (C=O) groups is 3. The minimum atomic E-state index is -0.771. The first-order valence-electron chi connectivity index (χ1n) is 10.0. The second-order valence-corrected chi connectivity index (χ2v) is 7.70. The van der Waals surface area contributed by atoms with Gasteiger partial charge in [0.15, 0.2) is 0 Å². The lowest BCUT2D eigenvalue weighted by atomic mass is 10.0. The highest BCUT2D eigenvalue weighted by Gasteiger charge is 2.30. The third-order valence-corrected chi connectivity index (χ3v) is 5.43. The van der Waals surface area contributed by atoms with Crippen LogP contribution in [0.15, 0.2) is 47.3 Å². The van der Waals surface area contributed by atoms with Gasteiger partial charge in [-0.05, 0) is 50.1 Å². The number of benzene rings is 2. The highest BCUT2D eigenvalue weighted by Crippen LogP contribution is 2.20. The van der Waals surface area contributed by atoms with Crippen LogP contribution >= 0.6 is 0 Å². The number of piperidine rings is 1. The molecule has 2 N–H and O–H groups in total. The zero-order valence-electron chi connectivity index (χ0n) is 17.3. The Labute approximate surface area is 178 Å². The van der Waals surface area contributed by atoms with E-state index in [4.69, 9.17) is 0 Å². The fraction of sp³-hybridized carbons (Fsp3) is 0.261. The average Bonchev–Trinajstić information content (AvgIpc) is 2.74. The normalized spacial score (nSPS) is 16.3. The number of amides is 3. The summed E-state index contributed by atoms with van der Waals surface area (Å²) in [7, 11) is 0. The van der Waals surface area contributed by atoms with Crippen LogP contribution in [-0.2, 0) is 16.1 Å². The Bertz CT molecular complexity index is 1260. The highest BCUT2D eigenvalue weighted by atomic mass is 16.2. The van der Waals surface area contributed by atoms with Crippen molar-refractivity contribution in [3.63, 3.8) is 0 Å². The lowest BCUT2D eigenvalue weighted by molar-refractivity contribution is -0.135. The van der Waals surface area contributed by atoms with Crippen LogP contribution in [0.25, 0.3) is 10.9 Å². The van der Waals surface area contributed by atoms with Crippen LogP contribution in [0.1, 0.15) is 46.2 Å². The second kappa shape index (κ2) is 8.14. The first-order valence-corrected chi connectivity index (χ1v) is 10.0. The average molecular weight is 418 g/mol. The Hall–Kier alpha value is -3.81. The summed E-state index contributed by atoms with van der Waals surface area (Å²) in [5, 5.41) is 5.49. The van der Waals surface area contributed by atoms with Gasteiger partial charge in [0, 0.05) is 18.5 Å². The third kappa shape index (κ3) is 4.09. The molecular weight excluding hydrogens is 396 g/mol. The van der Waals surface area contributed by atoms with Crippen LogP contribution in [0.2, 0.25) is 0 Å². The molecule has 8 heteroatoms. The maximum absolute atomic E-state index is 13.2. The predicted molar refractivity (Wildman–Crippen MR) is 115 cm³/mol. The summed E-state index contributed by atoms with van der Waals surface area (Å²) < 4.78 is 1.35. The number of hydrogen-bond donors (Lipinski definition) is 2. The van der Waals surface area contributed by atoms with Crippen molar-refractivity contribution in [2.75, 3.05) is 0 Å². The molecule has 1 aromatic heterocycles. The van der Waals surface area contributed by atoms with Crippen molar-refractivity contribution < 1.29 is 14.4 Å². The molecule has 1 aliphatic heterocycles. The number of aryl methyl sites for hydroxylation is 2. The predicted octanol–water partition coefficient (Wildman–Crippen LogP) is 1.92. The van der Waals surface area contributed by atoms with Gasteiger partial charge in [-0.15, -0.1) is 0 Å². The Morgan fingerprint density at radius 1 is 1.13 bits per heavy atom. The number of imide groups is 1. The van der Waals surface area contributed by atoms with Gasteiger partial charge in [0.25, 0.3) is 11.5 Å². The molecule has 1 aliphatic rings. The summed E-state index contributed by atoms with van der Waals surface area (Å²) in [6, 6.07) is 11.7. The number of aromatic nitrogens is 2. The quantitative estimate of drug-likeness (QED) is 0.629. The maximum atomic E-state index is 13.2. The summed E-state index contributed by atoms with van der Waals surface area (Å²) in [6.07, 6.45) is 0.427. The van der Waals surface area contributed by atoms with E-state index in [-0.39, 0.29) is 36.8 Å². The van der Waals surface area contributed by atoms with E-state index in [0.29, 0.717) is 22.3 Å². The van der Waals surface area contributed by atoms with Crippen molar-refractivity contribution >= 4 is 28.6 Å². The topological polar surface area (TPSA) is 110 Å². The van der Waals surface area contributed by atoms with E-state index in [1.54, 1.807) is 37.3 Å². The van der Waals surface area contributed by atoms with Gasteiger partial charge < -0.3 is 5.32 Å². The van der Waals surface area contributed by atoms with E-state index < -0.39 is 11.9 Å². The lowest BCUT2D eigenvalue weighted by Gasteiger charge is -2.24. The molecule has 31 heavy (non-hydrogen) atoms. The largest absolute Gasteiger partial charge is 0.348 e. The molecule has 1 saturated heterocycles. The summed E-state index contributed by atoms with van der Waals surface area (Å²) >= 11 is 0. The summed E-state index contributed by atoms with van der Waals surface area (Å²) in [4.78, 5) is 53.8. The zero-order valence-corrected chi connectivity index (χ0v) is 17.3. The molecule has 0 spiro atoms. The second-order valence-electron chi connectivity index (χ2n) is 7.70. The van der Waals surface area contributed by atoms with E-state index in [2.05, 4.69) is 15.6 Å². The number of nitrogens with one attached hydrogen (secondary N) is 2. The van der Waals surface area contributed by atoms with Crippen molar-refractivity contribution in [1.29, 1.82) is 0 Å². The molecule has 0 unspecified atom stereocenters. The Morgan fingerprint density at radius 3 is 2.58 bits per heavy atom. The van der Waals surface area contributed by atoms with E-state index in [9.17, 15) is 19.2 Å². The van der Waals surface area contributed by atoms with E-state index in [1.165, 1.54) is 4.57 Å². The number of nitrogens with zero attached hydrogens (tertiary/aromatic N) is 2. The van der Waals surface area contributed by atoms with Crippen molar-refractivity contribution in [2.45, 2.75) is 39.3 Å². The number of fused-ring (bicyclic) bond motifs is 1. The smallest absolute Gasteiger partial charge is 0.262 e. The molecule has 8 nitrogen and oxygen atoms in total. The van der Waals surface area contributed by atoms with Gasteiger partial charge in [0.1, 0.15) is 11.9 Å². The van der Waals surface area contributed by atoms with Crippen molar-refractivity contribution in [2.24, 2.45) is 0 Å². The number of rotatable bonds is 4. The molecule has 2 aromatic carbocycles. The van der Waals surface area contributed by atoms with Crippen molar-refractivity contribution in [3.05, 3.63) is 75.3 Å². The van der Waals surface area contributed by atoms with Crippen molar-refractivity contribution in [1.82, 2.24) is 20.2 Å². The maximum Gasteiger partial charge on any atom is 0.262 e. The van der Waals surface area contributed by atoms with Gasteiger partial charge in [-0.3, -0.25) is 29.1 Å². The van der Waals surface area contributed by atoms with Gasteiger partial charge in [-0.2, -0.15) is 0 Å². The van der Waals surface area contributed by atoms with Gasteiger partial charge in [0.05, 0.1) is 10.9 Å². The fourth-order valence-electron chi connectivity index (χ4n) is 3.75. The van der Waals surface area contributed by atoms with E-state index in [0.717, 1.165) is 11.1 Å². The number of carbonyl (C=O) groups excluding carboxylic acids is 3. The minimum absolute atomic E-state index is 0.172. The molecule has 0 aliphatic carbocycles. The van der Waals surface area contributed by atoms with Gasteiger partial charge in [-0.1, -0.05) is 23.8 Å². The van der Waals surface area contributed by atoms with Crippen molar-refractivity contribution in [3.8, 4) is 0 Å². The summed E-state index contributed by atoms with van der Waals surface area (Å²) in [5.41, 5.74) is 2.54. The molecule has 0 radical (unpaired) electrons. The Balaban J connectivity index is 1.61. The summed E-state index contributed by atoms with van der Waals surface area (Å²) in [6.45, 7) is 3.86. The zero-order chi connectivity index (χ0) is 22.1. The monoisotopic (exact) mass is 418 g/mol. The first kappa shape index (κ1) is 20.5. The van der Waals surface area contributed by atoms with Crippen LogP contribution in [0, 0.1) is 13.8 Å². The minimum Gasteiger partial charge on any atom is -0.348 e. The van der Waals surface area contributed by atoms with Gasteiger partial charge in [0.2, 0.25) is 11.8 Å². The molecule has 0 saturated carbocycles. The molecule has 3 amide bonds. The molecular formula is C23H22N4O4. The first-order chi connectivity index (χ1) is 14.8. The fourth-order valence-corrected chi connectivity index (χ4v) is 3.75. The molecule has 3 aromatic rings. The highest BCUT2D eigenvalue weighted by molar-refractivity contribution is 5.99. The van der Waals surface area contributed by atoms with Gasteiger partial charge >= 0.3 is 0 Å². The van der Waals surface area contributed by atoms with Crippen LogP contribution in [0.4, 0.5) is 0 Å². The van der Waals surface area contributed by atoms with Crippen LogP contribution in [0.5, 0.6) is 0 Å². The molecule has 4 rings (SSSR count). The third-order valence-electron chi connectivity index (χ3n) is 5.43. The van der Waals surface area contributed by atoms with Crippen LogP contribution < -0.4 is 16.2 Å². The van der Waals surface area contributed by atoms with E-state index in [1.807, 2.05) is 19.1 Å². The molecule has 0 bridgehead atoms. The standard InChI is InChI=1S/C23H22N4O4/c1-13-3-6-16(7-4-13)21(29)24-12-15-5-8-18-17(11-15)23(31)27(14(2)25-18)19-9-10-20(28)26-22(19)30/h3-8,11,19H,9-10,12H2,1-2H3,(H,24,29)(H,26,28,30)/t19-/m0/s1. The molecule has 2 heterocycles. The van der Waals surface area contributed by atoms with E-state index >= 15 is 0 Å². The van der Waals surface area contributed by atoms with Gasteiger partial charge in [-0.25, -0.2) is 4.98 Å².